The maximum atomic E-state index is 10.3. The molecule has 0 spiro atoms. The number of rotatable bonds is 3. The van der Waals surface area contributed by atoms with Crippen molar-refractivity contribution in [3.63, 3.8) is 0 Å². The lowest BCUT2D eigenvalue weighted by atomic mass is 10.2. The van der Waals surface area contributed by atoms with Crippen LogP contribution in [0.25, 0.3) is 0 Å². The second kappa shape index (κ2) is 4.06. The Kier molecular flexibility index (Phi) is 3.72. The van der Waals surface area contributed by atoms with Gasteiger partial charge in [-0.3, -0.25) is 0 Å². The molecule has 0 aliphatic rings. The molecule has 0 heterocycles. The maximum absolute atomic E-state index is 10.3. The van der Waals surface area contributed by atoms with E-state index in [2.05, 4.69) is 5.32 Å². The van der Waals surface area contributed by atoms with Crippen molar-refractivity contribution >= 4 is 5.97 Å². The van der Waals surface area contributed by atoms with Gasteiger partial charge in [0.25, 0.3) is 0 Å². The van der Waals surface area contributed by atoms with Gasteiger partial charge in [-0.15, -0.1) is 0 Å². The van der Waals surface area contributed by atoms with Crippen molar-refractivity contribution in [1.82, 2.24) is 5.32 Å². The second-order valence-corrected chi connectivity index (χ2v) is 2.23. The number of carboxylic acids is 1. The molecule has 1 atom stereocenters. The molecule has 0 fully saturated rings. The van der Waals surface area contributed by atoms with E-state index in [0.717, 1.165) is 0 Å². The van der Waals surface area contributed by atoms with Crippen LogP contribution in [0, 0.1) is 0 Å². The fourth-order valence-electron chi connectivity index (χ4n) is 0.530. The van der Waals surface area contributed by atoms with Crippen molar-refractivity contribution in [2.75, 3.05) is 7.05 Å². The Morgan fingerprint density at radius 3 is 2.50 bits per heavy atom. The van der Waals surface area contributed by atoms with E-state index in [9.17, 15) is 4.79 Å². The standard InChI is InChI=1S/C7H13NO2/c1-5(7(9)10)4-6(2)8-3/h4,6,8H,1-3H3,(H,9,10)/b5-4+. The van der Waals surface area contributed by atoms with Crippen LogP contribution in [0.1, 0.15) is 13.8 Å². The third-order valence-electron chi connectivity index (χ3n) is 1.29. The van der Waals surface area contributed by atoms with Gasteiger partial charge < -0.3 is 10.4 Å². The largest absolute Gasteiger partial charge is 0.478 e. The van der Waals surface area contributed by atoms with Gasteiger partial charge in [0, 0.05) is 11.6 Å². The summed E-state index contributed by atoms with van der Waals surface area (Å²) in [4.78, 5) is 10.3. The van der Waals surface area contributed by atoms with E-state index in [1.807, 2.05) is 6.92 Å². The van der Waals surface area contributed by atoms with Crippen LogP contribution in [0.4, 0.5) is 0 Å². The van der Waals surface area contributed by atoms with Gasteiger partial charge in [0.15, 0.2) is 0 Å². The molecule has 0 aliphatic carbocycles. The number of hydrogen-bond acceptors (Lipinski definition) is 2. The third-order valence-corrected chi connectivity index (χ3v) is 1.29. The Morgan fingerprint density at radius 2 is 2.20 bits per heavy atom. The molecule has 0 aromatic carbocycles. The van der Waals surface area contributed by atoms with Crippen LogP contribution in [0.3, 0.4) is 0 Å². The molecule has 0 saturated heterocycles. The van der Waals surface area contributed by atoms with Crippen LogP contribution >= 0.6 is 0 Å². The molecule has 58 valence electrons. The van der Waals surface area contributed by atoms with Gasteiger partial charge in [0.1, 0.15) is 0 Å². The summed E-state index contributed by atoms with van der Waals surface area (Å²) >= 11 is 0. The van der Waals surface area contributed by atoms with Crippen molar-refractivity contribution in [1.29, 1.82) is 0 Å². The lowest BCUT2D eigenvalue weighted by Crippen LogP contribution is -2.19. The number of aliphatic carboxylic acids is 1. The van der Waals surface area contributed by atoms with E-state index in [0.29, 0.717) is 5.57 Å². The van der Waals surface area contributed by atoms with Gasteiger partial charge in [0.2, 0.25) is 0 Å². The Bertz CT molecular complexity index is 152. The van der Waals surface area contributed by atoms with E-state index in [4.69, 9.17) is 5.11 Å². The summed E-state index contributed by atoms with van der Waals surface area (Å²) in [6.45, 7) is 3.47. The van der Waals surface area contributed by atoms with Crippen LogP contribution in [-0.2, 0) is 4.79 Å². The minimum Gasteiger partial charge on any atom is -0.478 e. The predicted molar refractivity (Wildman–Crippen MR) is 39.9 cm³/mol. The predicted octanol–water partition coefficient (Wildman–Crippen LogP) is 0.625. The van der Waals surface area contributed by atoms with E-state index in [1.165, 1.54) is 0 Å². The molecule has 10 heavy (non-hydrogen) atoms. The molecule has 0 aromatic heterocycles. The van der Waals surface area contributed by atoms with Gasteiger partial charge in [-0.2, -0.15) is 0 Å². The van der Waals surface area contributed by atoms with E-state index < -0.39 is 5.97 Å². The number of nitrogens with one attached hydrogen (secondary N) is 1. The molecule has 1 unspecified atom stereocenters. The number of hydrogen-bond donors (Lipinski definition) is 2. The van der Waals surface area contributed by atoms with Crippen molar-refractivity contribution in [2.24, 2.45) is 0 Å². The highest BCUT2D eigenvalue weighted by Gasteiger charge is 2.00. The fourth-order valence-corrected chi connectivity index (χ4v) is 0.530. The Balaban J connectivity index is 4.02. The molecule has 0 aromatic rings. The quantitative estimate of drug-likeness (QED) is 0.569. The maximum Gasteiger partial charge on any atom is 0.331 e. The van der Waals surface area contributed by atoms with Crippen LogP contribution < -0.4 is 5.32 Å². The summed E-state index contributed by atoms with van der Waals surface area (Å²) in [7, 11) is 1.79. The molecule has 0 rings (SSSR count). The van der Waals surface area contributed by atoms with Gasteiger partial charge in [-0.25, -0.2) is 4.79 Å². The molecular weight excluding hydrogens is 130 g/mol. The fraction of sp³-hybridized carbons (Fsp3) is 0.571. The van der Waals surface area contributed by atoms with Crippen molar-refractivity contribution in [3.05, 3.63) is 11.6 Å². The van der Waals surface area contributed by atoms with Crippen LogP contribution in [0.15, 0.2) is 11.6 Å². The number of likely N-dealkylation sites (N-methyl/N-ethyl adjacent to an activating group) is 1. The summed E-state index contributed by atoms with van der Waals surface area (Å²) in [6, 6.07) is 0.121. The molecule has 0 amide bonds. The molecule has 0 aliphatic heterocycles. The van der Waals surface area contributed by atoms with Crippen LogP contribution in [-0.4, -0.2) is 24.2 Å². The minimum absolute atomic E-state index is 0.121. The lowest BCUT2D eigenvalue weighted by molar-refractivity contribution is -0.132. The van der Waals surface area contributed by atoms with Crippen molar-refractivity contribution in [2.45, 2.75) is 19.9 Å². The summed E-state index contributed by atoms with van der Waals surface area (Å²) < 4.78 is 0. The summed E-state index contributed by atoms with van der Waals surface area (Å²) in [5.74, 6) is -0.859. The third kappa shape index (κ3) is 3.25. The minimum atomic E-state index is -0.859. The zero-order valence-corrected chi connectivity index (χ0v) is 6.51. The zero-order valence-electron chi connectivity index (χ0n) is 6.51. The molecule has 3 nitrogen and oxygen atoms in total. The monoisotopic (exact) mass is 143 g/mol. The van der Waals surface area contributed by atoms with Gasteiger partial charge >= 0.3 is 5.97 Å². The molecule has 0 bridgehead atoms. The number of carboxylic acid groups (broad SMARTS) is 1. The SMILES string of the molecule is CNC(C)/C=C(\C)C(=O)O. The Labute approximate surface area is 60.7 Å². The Morgan fingerprint density at radius 1 is 1.70 bits per heavy atom. The van der Waals surface area contributed by atoms with Crippen LogP contribution in [0.2, 0.25) is 0 Å². The summed E-state index contributed by atoms with van der Waals surface area (Å²) in [6.07, 6.45) is 1.67. The summed E-state index contributed by atoms with van der Waals surface area (Å²) in [5, 5.41) is 11.3. The Hall–Kier alpha value is -0.830. The van der Waals surface area contributed by atoms with E-state index in [1.54, 1.807) is 20.0 Å². The average molecular weight is 143 g/mol. The van der Waals surface area contributed by atoms with Crippen LogP contribution in [0.5, 0.6) is 0 Å². The highest BCUT2D eigenvalue weighted by molar-refractivity contribution is 5.85. The van der Waals surface area contributed by atoms with E-state index >= 15 is 0 Å². The first-order valence-electron chi connectivity index (χ1n) is 3.17. The highest BCUT2D eigenvalue weighted by atomic mass is 16.4. The van der Waals surface area contributed by atoms with Gasteiger partial charge in [-0.1, -0.05) is 6.08 Å². The smallest absolute Gasteiger partial charge is 0.331 e. The molecule has 0 saturated carbocycles. The normalized spacial score (nSPS) is 14.9. The number of carbonyl (C=O) groups is 1. The first-order chi connectivity index (χ1) is 4.57. The first-order valence-corrected chi connectivity index (χ1v) is 3.17. The summed E-state index contributed by atoms with van der Waals surface area (Å²) in [5.41, 5.74) is 0.377. The average Bonchev–Trinajstić information content (AvgIpc) is 1.87. The zero-order chi connectivity index (χ0) is 8.15. The topological polar surface area (TPSA) is 49.3 Å². The van der Waals surface area contributed by atoms with Gasteiger partial charge in [-0.05, 0) is 20.9 Å². The molecule has 2 N–H and O–H groups in total. The molecular formula is C7H13NO2. The highest BCUT2D eigenvalue weighted by Crippen LogP contribution is 1.94. The lowest BCUT2D eigenvalue weighted by Gasteiger charge is -2.03. The van der Waals surface area contributed by atoms with E-state index in [-0.39, 0.29) is 6.04 Å². The second-order valence-electron chi connectivity index (χ2n) is 2.23. The van der Waals surface area contributed by atoms with Crippen molar-refractivity contribution < 1.29 is 9.90 Å². The molecule has 3 heteroatoms. The van der Waals surface area contributed by atoms with Crippen molar-refractivity contribution in [3.8, 4) is 0 Å². The van der Waals surface area contributed by atoms with Gasteiger partial charge in [0.05, 0.1) is 0 Å². The molecule has 0 radical (unpaired) electrons. The first kappa shape index (κ1) is 9.17.